The van der Waals surface area contributed by atoms with Crippen LogP contribution in [0.2, 0.25) is 10.0 Å². The molecular weight excluding hydrogens is 313 g/mol. The maximum atomic E-state index is 11.6. The van der Waals surface area contributed by atoms with E-state index in [4.69, 9.17) is 23.2 Å². The number of nitrogens with zero attached hydrogens (tertiary/aromatic N) is 1. The van der Waals surface area contributed by atoms with Crippen molar-refractivity contribution in [3.05, 3.63) is 58.1 Å². The number of aromatic hydroxyl groups is 1. The van der Waals surface area contributed by atoms with Gasteiger partial charge in [0.1, 0.15) is 5.75 Å². The number of carbonyl (C=O) groups excluding carboxylic acids is 1. The number of hydrazone groups is 1. The van der Waals surface area contributed by atoms with Gasteiger partial charge in [-0.1, -0.05) is 41.4 Å². The normalized spacial score (nSPS) is 10.6. The summed E-state index contributed by atoms with van der Waals surface area (Å²) >= 11 is 11.6. The highest BCUT2D eigenvalue weighted by molar-refractivity contribution is 6.36. The average molecular weight is 324 g/mol. The number of nitrogens with one attached hydrogen (secondary N) is 2. The molecule has 21 heavy (non-hydrogen) atoms. The van der Waals surface area contributed by atoms with E-state index in [1.165, 1.54) is 18.3 Å². The van der Waals surface area contributed by atoms with Gasteiger partial charge in [0.05, 0.1) is 11.2 Å². The van der Waals surface area contributed by atoms with Crippen molar-refractivity contribution in [1.29, 1.82) is 0 Å². The smallest absolute Gasteiger partial charge is 0.339 e. The average Bonchev–Trinajstić information content (AvgIpc) is 2.45. The number of hydrogen-bond donors (Lipinski definition) is 3. The van der Waals surface area contributed by atoms with Gasteiger partial charge in [0.25, 0.3) is 0 Å². The Morgan fingerprint density at radius 3 is 2.62 bits per heavy atom. The van der Waals surface area contributed by atoms with E-state index in [0.717, 1.165) is 0 Å². The number of phenols is 1. The van der Waals surface area contributed by atoms with Gasteiger partial charge >= 0.3 is 6.03 Å². The third-order valence-electron chi connectivity index (χ3n) is 2.46. The second kappa shape index (κ2) is 6.97. The van der Waals surface area contributed by atoms with Crippen LogP contribution in [0.15, 0.2) is 47.6 Å². The first-order chi connectivity index (χ1) is 10.1. The van der Waals surface area contributed by atoms with E-state index in [1.54, 1.807) is 24.3 Å². The van der Waals surface area contributed by atoms with Crippen LogP contribution in [-0.4, -0.2) is 17.4 Å². The molecule has 0 spiro atoms. The maximum absolute atomic E-state index is 11.6. The zero-order valence-electron chi connectivity index (χ0n) is 10.7. The van der Waals surface area contributed by atoms with E-state index in [1.807, 2.05) is 6.07 Å². The Bertz CT molecular complexity index is 675. The number of hydrogen-bond acceptors (Lipinski definition) is 3. The molecule has 2 aromatic carbocycles. The molecule has 2 amide bonds. The second-order valence-electron chi connectivity index (χ2n) is 4.02. The third-order valence-corrected chi connectivity index (χ3v) is 2.97. The van der Waals surface area contributed by atoms with Gasteiger partial charge in [-0.2, -0.15) is 5.10 Å². The van der Waals surface area contributed by atoms with Crippen LogP contribution in [0, 0.1) is 0 Å². The minimum atomic E-state index is -0.509. The Labute approximate surface area is 131 Å². The molecule has 0 heterocycles. The monoisotopic (exact) mass is 323 g/mol. The Kier molecular flexibility index (Phi) is 5.03. The van der Waals surface area contributed by atoms with Crippen molar-refractivity contribution in [2.24, 2.45) is 5.10 Å². The molecule has 0 saturated carbocycles. The highest BCUT2D eigenvalue weighted by Crippen LogP contribution is 2.29. The largest absolute Gasteiger partial charge is 0.506 e. The fourth-order valence-corrected chi connectivity index (χ4v) is 2.03. The van der Waals surface area contributed by atoms with E-state index >= 15 is 0 Å². The van der Waals surface area contributed by atoms with Crippen LogP contribution in [-0.2, 0) is 0 Å². The zero-order valence-corrected chi connectivity index (χ0v) is 12.2. The maximum Gasteiger partial charge on any atom is 0.339 e. The highest BCUT2D eigenvalue weighted by Gasteiger charge is 2.06. The second-order valence-corrected chi connectivity index (χ2v) is 4.86. The standard InChI is InChI=1S/C14H11Cl2N3O2/c15-10-6-9(13(20)12(16)7-10)8-17-19-14(21)18-11-4-2-1-3-5-11/h1-8,20H,(H2,18,19,21). The first-order valence-corrected chi connectivity index (χ1v) is 6.65. The summed E-state index contributed by atoms with van der Waals surface area (Å²) in [5.41, 5.74) is 3.20. The Morgan fingerprint density at radius 1 is 1.19 bits per heavy atom. The van der Waals surface area contributed by atoms with Gasteiger partial charge in [0.15, 0.2) is 0 Å². The lowest BCUT2D eigenvalue weighted by molar-refractivity contribution is 0.252. The van der Waals surface area contributed by atoms with Crippen molar-refractivity contribution in [2.75, 3.05) is 5.32 Å². The summed E-state index contributed by atoms with van der Waals surface area (Å²) in [7, 11) is 0. The molecule has 0 unspecified atom stereocenters. The number of carbonyl (C=O) groups is 1. The lowest BCUT2D eigenvalue weighted by atomic mass is 10.2. The number of amides is 2. The lowest BCUT2D eigenvalue weighted by Gasteiger charge is -2.04. The molecule has 0 aliphatic carbocycles. The van der Waals surface area contributed by atoms with E-state index in [9.17, 15) is 9.90 Å². The van der Waals surface area contributed by atoms with E-state index < -0.39 is 6.03 Å². The van der Waals surface area contributed by atoms with E-state index in [0.29, 0.717) is 16.3 Å². The number of halogens is 2. The van der Waals surface area contributed by atoms with Crippen LogP contribution in [0.1, 0.15) is 5.56 Å². The van der Waals surface area contributed by atoms with Gasteiger partial charge in [-0.3, -0.25) is 0 Å². The van der Waals surface area contributed by atoms with E-state index in [2.05, 4.69) is 15.8 Å². The first-order valence-electron chi connectivity index (χ1n) is 5.89. The number of urea groups is 1. The van der Waals surface area contributed by atoms with Crippen LogP contribution >= 0.6 is 23.2 Å². The number of benzene rings is 2. The number of anilines is 1. The number of phenolic OH excluding ortho intramolecular Hbond substituents is 1. The topological polar surface area (TPSA) is 73.7 Å². The summed E-state index contributed by atoms with van der Waals surface area (Å²) in [5, 5.41) is 16.5. The molecule has 0 aromatic heterocycles. The quantitative estimate of drug-likeness (QED) is 0.592. The predicted molar refractivity (Wildman–Crippen MR) is 84.3 cm³/mol. The summed E-state index contributed by atoms with van der Waals surface area (Å²) in [6.45, 7) is 0. The van der Waals surface area contributed by atoms with Gasteiger partial charge in [-0.15, -0.1) is 0 Å². The number of para-hydroxylation sites is 1. The van der Waals surface area contributed by atoms with Crippen LogP contribution in [0.5, 0.6) is 5.75 Å². The summed E-state index contributed by atoms with van der Waals surface area (Å²) in [6, 6.07) is 11.3. The van der Waals surface area contributed by atoms with Crippen molar-refractivity contribution in [3.63, 3.8) is 0 Å². The highest BCUT2D eigenvalue weighted by atomic mass is 35.5. The first kappa shape index (κ1) is 15.2. The van der Waals surface area contributed by atoms with Crippen molar-refractivity contribution >= 4 is 41.1 Å². The molecule has 0 atom stereocenters. The van der Waals surface area contributed by atoms with Gasteiger partial charge in [0, 0.05) is 16.3 Å². The van der Waals surface area contributed by atoms with E-state index in [-0.39, 0.29) is 10.8 Å². The van der Waals surface area contributed by atoms with Crippen LogP contribution < -0.4 is 10.7 Å². The number of rotatable bonds is 3. The lowest BCUT2D eigenvalue weighted by Crippen LogP contribution is -2.24. The van der Waals surface area contributed by atoms with Crippen molar-refractivity contribution in [2.45, 2.75) is 0 Å². The molecule has 0 aliphatic heterocycles. The Balaban J connectivity index is 1.98. The van der Waals surface area contributed by atoms with Crippen molar-refractivity contribution in [1.82, 2.24) is 5.43 Å². The van der Waals surface area contributed by atoms with Crippen LogP contribution in [0.25, 0.3) is 0 Å². The SMILES string of the molecule is O=C(NN=Cc1cc(Cl)cc(Cl)c1O)Nc1ccccc1. The fraction of sp³-hybridized carbons (Fsp3) is 0. The van der Waals surface area contributed by atoms with Crippen LogP contribution in [0.4, 0.5) is 10.5 Å². The third kappa shape index (κ3) is 4.37. The molecule has 7 heteroatoms. The fourth-order valence-electron chi connectivity index (χ4n) is 1.53. The molecule has 0 aliphatic rings. The molecule has 2 rings (SSSR count). The molecule has 3 N–H and O–H groups in total. The molecule has 0 radical (unpaired) electrons. The Morgan fingerprint density at radius 2 is 1.90 bits per heavy atom. The molecule has 0 bridgehead atoms. The van der Waals surface area contributed by atoms with Crippen LogP contribution in [0.3, 0.4) is 0 Å². The molecule has 5 nitrogen and oxygen atoms in total. The zero-order chi connectivity index (χ0) is 15.2. The summed E-state index contributed by atoms with van der Waals surface area (Å²) in [5.74, 6) is -0.157. The molecule has 0 saturated heterocycles. The van der Waals surface area contributed by atoms with Gasteiger partial charge < -0.3 is 10.4 Å². The minimum Gasteiger partial charge on any atom is -0.506 e. The summed E-state index contributed by atoms with van der Waals surface area (Å²) in [6.07, 6.45) is 1.25. The Hall–Kier alpha value is -2.24. The van der Waals surface area contributed by atoms with Gasteiger partial charge in [-0.05, 0) is 24.3 Å². The molecule has 0 fully saturated rings. The van der Waals surface area contributed by atoms with Crippen molar-refractivity contribution < 1.29 is 9.90 Å². The molecule has 108 valence electrons. The molecule has 2 aromatic rings. The predicted octanol–water partition coefficient (Wildman–Crippen LogP) is 3.85. The minimum absolute atomic E-state index is 0.109. The van der Waals surface area contributed by atoms with Crippen molar-refractivity contribution in [3.8, 4) is 5.75 Å². The summed E-state index contributed by atoms with van der Waals surface area (Å²) < 4.78 is 0. The summed E-state index contributed by atoms with van der Waals surface area (Å²) in [4.78, 5) is 11.6. The van der Waals surface area contributed by atoms with Gasteiger partial charge in [0.2, 0.25) is 0 Å². The molecular formula is C14H11Cl2N3O2. The van der Waals surface area contributed by atoms with Gasteiger partial charge in [-0.25, -0.2) is 10.2 Å².